The van der Waals surface area contributed by atoms with Crippen molar-refractivity contribution in [2.45, 2.75) is 19.3 Å². The number of pyridine rings is 1. The van der Waals surface area contributed by atoms with Crippen molar-refractivity contribution in [3.05, 3.63) is 87.6 Å². The van der Waals surface area contributed by atoms with Gasteiger partial charge in [-0.05, 0) is 43.7 Å². The second-order valence-corrected chi connectivity index (χ2v) is 7.31. The molecule has 158 valence electrons. The van der Waals surface area contributed by atoms with Gasteiger partial charge in [0.05, 0.1) is 22.0 Å². The second kappa shape index (κ2) is 8.94. The average molecular weight is 427 g/mol. The van der Waals surface area contributed by atoms with Crippen molar-refractivity contribution in [3.63, 3.8) is 0 Å². The third kappa shape index (κ3) is 4.86. The molecule has 0 aliphatic carbocycles. The van der Waals surface area contributed by atoms with Crippen LogP contribution in [0.3, 0.4) is 0 Å². The van der Waals surface area contributed by atoms with Gasteiger partial charge in [0.25, 0.3) is 11.6 Å². The summed E-state index contributed by atoms with van der Waals surface area (Å²) in [4.78, 5) is 26.8. The lowest BCUT2D eigenvalue weighted by Crippen LogP contribution is -2.17. The van der Waals surface area contributed by atoms with E-state index in [1.807, 2.05) is 6.07 Å². The zero-order valence-electron chi connectivity index (χ0n) is 17.2. The fraction of sp³-hybridized carbons (Fsp3) is 0.130. The van der Waals surface area contributed by atoms with Gasteiger partial charge in [0, 0.05) is 29.4 Å². The molecule has 1 amide bonds. The fourth-order valence-corrected chi connectivity index (χ4v) is 2.75. The van der Waals surface area contributed by atoms with Crippen LogP contribution in [0.4, 0.5) is 11.4 Å². The Kier molecular flexibility index (Phi) is 6.13. The highest BCUT2D eigenvalue weighted by molar-refractivity contribution is 6.04. The molecular formula is C23H17N5O4. The molecule has 3 aromatic rings. The molecule has 0 saturated carbocycles. The maximum Gasteiger partial charge on any atom is 0.287 e. The van der Waals surface area contributed by atoms with E-state index in [0.717, 1.165) is 6.20 Å². The molecule has 0 bridgehead atoms. The number of nitriles is 2. The lowest BCUT2D eigenvalue weighted by Gasteiger charge is -2.16. The van der Waals surface area contributed by atoms with E-state index < -0.39 is 16.2 Å². The molecule has 0 aliphatic rings. The molecule has 1 N–H and O–H groups in total. The number of hydrogen-bond donors (Lipinski definition) is 1. The molecular weight excluding hydrogens is 410 g/mol. The van der Waals surface area contributed by atoms with Crippen molar-refractivity contribution >= 4 is 17.3 Å². The van der Waals surface area contributed by atoms with E-state index >= 15 is 0 Å². The van der Waals surface area contributed by atoms with Gasteiger partial charge < -0.3 is 10.1 Å². The van der Waals surface area contributed by atoms with Gasteiger partial charge in [0.2, 0.25) is 5.88 Å². The summed E-state index contributed by atoms with van der Waals surface area (Å²) in [5, 5.41) is 32.2. The predicted octanol–water partition coefficient (Wildman–Crippen LogP) is 4.71. The molecule has 0 fully saturated rings. The van der Waals surface area contributed by atoms with Crippen LogP contribution in [0.1, 0.15) is 35.3 Å². The van der Waals surface area contributed by atoms with E-state index in [-0.39, 0.29) is 22.9 Å². The van der Waals surface area contributed by atoms with E-state index in [0.29, 0.717) is 16.8 Å². The zero-order chi connectivity index (χ0) is 23.3. The summed E-state index contributed by atoms with van der Waals surface area (Å²) >= 11 is 0. The zero-order valence-corrected chi connectivity index (χ0v) is 17.2. The van der Waals surface area contributed by atoms with Gasteiger partial charge in [-0.15, -0.1) is 0 Å². The highest BCUT2D eigenvalue weighted by Crippen LogP contribution is 2.28. The van der Waals surface area contributed by atoms with Gasteiger partial charge >= 0.3 is 0 Å². The molecule has 1 heterocycles. The summed E-state index contributed by atoms with van der Waals surface area (Å²) in [6, 6.07) is 18.0. The molecule has 3 rings (SSSR count). The minimum atomic E-state index is -0.747. The van der Waals surface area contributed by atoms with Crippen LogP contribution in [-0.4, -0.2) is 15.8 Å². The number of nitrogens with zero attached hydrogens (tertiary/aromatic N) is 4. The topological polar surface area (TPSA) is 142 Å². The summed E-state index contributed by atoms with van der Waals surface area (Å²) in [5.74, 6) is -0.210. The van der Waals surface area contributed by atoms with Crippen LogP contribution in [0.5, 0.6) is 11.6 Å². The lowest BCUT2D eigenvalue weighted by molar-refractivity contribution is -0.385. The SMILES string of the molecule is CC(C)(C#N)c1cccc(C(=O)Nc2ccc(C#N)c(Oc3ccc([N+](=O)[O-])cn3)c2)c1. The Morgan fingerprint density at radius 3 is 2.56 bits per heavy atom. The van der Waals surface area contributed by atoms with Crippen molar-refractivity contribution in [3.8, 4) is 23.8 Å². The van der Waals surface area contributed by atoms with E-state index in [9.17, 15) is 25.4 Å². The number of nitro groups is 1. The van der Waals surface area contributed by atoms with Gasteiger partial charge in [-0.25, -0.2) is 4.98 Å². The largest absolute Gasteiger partial charge is 0.438 e. The quantitative estimate of drug-likeness (QED) is 0.443. The van der Waals surface area contributed by atoms with E-state index in [1.54, 1.807) is 44.2 Å². The Labute approximate surface area is 183 Å². The summed E-state index contributed by atoms with van der Waals surface area (Å²) in [5.41, 5.74) is 0.705. The van der Waals surface area contributed by atoms with Crippen LogP contribution < -0.4 is 10.1 Å². The summed E-state index contributed by atoms with van der Waals surface area (Å²) in [6.45, 7) is 3.53. The Bertz CT molecular complexity index is 1270. The van der Waals surface area contributed by atoms with Crippen molar-refractivity contribution < 1.29 is 14.5 Å². The Morgan fingerprint density at radius 2 is 1.94 bits per heavy atom. The van der Waals surface area contributed by atoms with E-state index in [2.05, 4.69) is 16.4 Å². The Hall–Kier alpha value is -4.76. The van der Waals surface area contributed by atoms with Crippen LogP contribution in [0.15, 0.2) is 60.8 Å². The smallest absolute Gasteiger partial charge is 0.287 e. The highest BCUT2D eigenvalue weighted by Gasteiger charge is 2.21. The van der Waals surface area contributed by atoms with Gasteiger partial charge in [-0.2, -0.15) is 10.5 Å². The van der Waals surface area contributed by atoms with Crippen molar-refractivity contribution in [2.75, 3.05) is 5.32 Å². The molecule has 0 unspecified atom stereocenters. The Morgan fingerprint density at radius 1 is 1.16 bits per heavy atom. The van der Waals surface area contributed by atoms with Crippen molar-refractivity contribution in [1.82, 2.24) is 4.98 Å². The van der Waals surface area contributed by atoms with Gasteiger partial charge in [-0.3, -0.25) is 14.9 Å². The number of amides is 1. The first-order chi connectivity index (χ1) is 15.2. The van der Waals surface area contributed by atoms with Crippen LogP contribution in [0.2, 0.25) is 0 Å². The number of rotatable bonds is 6. The maximum absolute atomic E-state index is 12.7. The average Bonchev–Trinajstić information content (AvgIpc) is 2.79. The number of ether oxygens (including phenoxy) is 1. The maximum atomic E-state index is 12.7. The minimum Gasteiger partial charge on any atom is -0.438 e. The Balaban J connectivity index is 1.83. The third-order valence-electron chi connectivity index (χ3n) is 4.63. The molecule has 32 heavy (non-hydrogen) atoms. The van der Waals surface area contributed by atoms with Gasteiger partial charge in [0.15, 0.2) is 0 Å². The first-order valence-corrected chi connectivity index (χ1v) is 9.39. The number of benzene rings is 2. The molecule has 1 aromatic heterocycles. The molecule has 0 aliphatic heterocycles. The third-order valence-corrected chi connectivity index (χ3v) is 4.63. The summed E-state index contributed by atoms with van der Waals surface area (Å²) in [7, 11) is 0. The first kappa shape index (κ1) is 21.9. The number of nitrogens with one attached hydrogen (secondary N) is 1. The minimum absolute atomic E-state index is 0.0574. The van der Waals surface area contributed by atoms with Crippen LogP contribution >= 0.6 is 0 Å². The number of anilines is 1. The predicted molar refractivity (Wildman–Crippen MR) is 115 cm³/mol. The molecule has 0 saturated heterocycles. The summed E-state index contributed by atoms with van der Waals surface area (Å²) in [6.07, 6.45) is 1.04. The highest BCUT2D eigenvalue weighted by atomic mass is 16.6. The molecule has 9 nitrogen and oxygen atoms in total. The molecule has 2 aromatic carbocycles. The fourth-order valence-electron chi connectivity index (χ4n) is 2.75. The van der Waals surface area contributed by atoms with Crippen LogP contribution in [0.25, 0.3) is 0 Å². The lowest BCUT2D eigenvalue weighted by atomic mass is 9.85. The normalized spacial score (nSPS) is 10.5. The molecule has 9 heteroatoms. The van der Waals surface area contributed by atoms with Crippen molar-refractivity contribution in [2.24, 2.45) is 0 Å². The first-order valence-electron chi connectivity index (χ1n) is 9.39. The van der Waals surface area contributed by atoms with E-state index in [1.165, 1.54) is 24.3 Å². The van der Waals surface area contributed by atoms with E-state index in [4.69, 9.17) is 4.74 Å². The standard InChI is InChI=1S/C23H17N5O4/c1-23(2,14-25)17-5-3-4-15(10-17)22(29)27-18-7-6-16(12-24)20(11-18)32-21-9-8-19(13-26-21)28(30)31/h3-11,13H,1-2H3,(H,27,29). The monoisotopic (exact) mass is 427 g/mol. The number of aromatic nitrogens is 1. The van der Waals surface area contributed by atoms with Gasteiger partial charge in [-0.1, -0.05) is 12.1 Å². The number of carbonyl (C=O) groups excluding carboxylic acids is 1. The number of carbonyl (C=O) groups is 1. The molecule has 0 spiro atoms. The number of hydrogen-bond acceptors (Lipinski definition) is 7. The van der Waals surface area contributed by atoms with Crippen LogP contribution in [0, 0.1) is 32.8 Å². The summed E-state index contributed by atoms with van der Waals surface area (Å²) < 4.78 is 5.60. The van der Waals surface area contributed by atoms with Crippen LogP contribution in [-0.2, 0) is 5.41 Å². The molecule has 0 atom stereocenters. The van der Waals surface area contributed by atoms with Gasteiger partial charge in [0.1, 0.15) is 18.0 Å². The second-order valence-electron chi connectivity index (χ2n) is 7.31. The van der Waals surface area contributed by atoms with Crippen molar-refractivity contribution in [1.29, 1.82) is 10.5 Å². The molecule has 0 radical (unpaired) electrons.